The van der Waals surface area contributed by atoms with Crippen LogP contribution in [0, 0.1) is 0 Å². The topological polar surface area (TPSA) is 52.7 Å². The standard InChI is InChI=1S/C15H22N4/c1-2-13(17-7-1)6-9-16-8-5-12-3-4-14-15(10-12)19-11-18-14/h3-4,10-11,13,16-17H,1-2,5-9H2,(H,18,19). The number of aromatic nitrogens is 2. The molecule has 1 saturated heterocycles. The summed E-state index contributed by atoms with van der Waals surface area (Å²) in [5.74, 6) is 0. The highest BCUT2D eigenvalue weighted by molar-refractivity contribution is 5.75. The van der Waals surface area contributed by atoms with Crippen LogP contribution in [0.2, 0.25) is 0 Å². The fourth-order valence-corrected chi connectivity index (χ4v) is 2.78. The van der Waals surface area contributed by atoms with Crippen LogP contribution in [0.25, 0.3) is 11.0 Å². The fourth-order valence-electron chi connectivity index (χ4n) is 2.78. The maximum atomic E-state index is 4.24. The van der Waals surface area contributed by atoms with E-state index in [9.17, 15) is 0 Å². The normalized spacial score (nSPS) is 19.3. The van der Waals surface area contributed by atoms with Gasteiger partial charge in [0.15, 0.2) is 0 Å². The number of hydrogen-bond donors (Lipinski definition) is 3. The predicted octanol–water partition coefficient (Wildman–Crippen LogP) is 1.84. The molecule has 2 heterocycles. The van der Waals surface area contributed by atoms with E-state index >= 15 is 0 Å². The van der Waals surface area contributed by atoms with Crippen molar-refractivity contribution < 1.29 is 0 Å². The van der Waals surface area contributed by atoms with Crippen LogP contribution in [0.4, 0.5) is 0 Å². The molecule has 1 fully saturated rings. The first-order valence-corrected chi connectivity index (χ1v) is 7.28. The summed E-state index contributed by atoms with van der Waals surface area (Å²) in [5.41, 5.74) is 3.54. The van der Waals surface area contributed by atoms with Crippen molar-refractivity contribution in [3.8, 4) is 0 Å². The Morgan fingerprint density at radius 3 is 3.21 bits per heavy atom. The molecule has 1 aromatic carbocycles. The highest BCUT2D eigenvalue weighted by Gasteiger charge is 2.12. The first-order chi connectivity index (χ1) is 9.42. The molecule has 102 valence electrons. The zero-order chi connectivity index (χ0) is 12.9. The van der Waals surface area contributed by atoms with Gasteiger partial charge in [-0.15, -0.1) is 0 Å². The van der Waals surface area contributed by atoms with E-state index in [2.05, 4.69) is 38.8 Å². The number of hydrogen-bond acceptors (Lipinski definition) is 3. The smallest absolute Gasteiger partial charge is 0.0931 e. The van der Waals surface area contributed by atoms with E-state index in [0.717, 1.165) is 36.6 Å². The second-order valence-electron chi connectivity index (χ2n) is 5.34. The maximum absolute atomic E-state index is 4.24. The monoisotopic (exact) mass is 258 g/mol. The molecule has 0 aliphatic carbocycles. The van der Waals surface area contributed by atoms with Gasteiger partial charge in [-0.3, -0.25) is 0 Å². The maximum Gasteiger partial charge on any atom is 0.0931 e. The number of H-pyrrole nitrogens is 1. The summed E-state index contributed by atoms with van der Waals surface area (Å²) in [5, 5.41) is 7.07. The van der Waals surface area contributed by atoms with Crippen molar-refractivity contribution in [3.63, 3.8) is 0 Å². The number of imidazole rings is 1. The van der Waals surface area contributed by atoms with Gasteiger partial charge in [0.2, 0.25) is 0 Å². The summed E-state index contributed by atoms with van der Waals surface area (Å²) < 4.78 is 0. The lowest BCUT2D eigenvalue weighted by Crippen LogP contribution is -2.28. The van der Waals surface area contributed by atoms with E-state index in [4.69, 9.17) is 0 Å². The minimum absolute atomic E-state index is 0.744. The van der Waals surface area contributed by atoms with E-state index in [1.807, 2.05) is 0 Å². The Hall–Kier alpha value is -1.39. The molecule has 1 aromatic heterocycles. The average molecular weight is 258 g/mol. The van der Waals surface area contributed by atoms with Crippen molar-refractivity contribution in [2.75, 3.05) is 19.6 Å². The Bertz CT molecular complexity index is 514. The second-order valence-corrected chi connectivity index (χ2v) is 5.34. The SMILES string of the molecule is c1nc2ccc(CCNCCC3CCCN3)cc2[nH]1. The Balaban J connectivity index is 1.39. The van der Waals surface area contributed by atoms with Gasteiger partial charge in [-0.25, -0.2) is 4.98 Å². The van der Waals surface area contributed by atoms with Crippen molar-refractivity contribution in [1.82, 2.24) is 20.6 Å². The summed E-state index contributed by atoms with van der Waals surface area (Å²) in [6, 6.07) is 7.20. The molecule has 1 unspecified atom stereocenters. The fraction of sp³-hybridized carbons (Fsp3) is 0.533. The third-order valence-electron chi connectivity index (χ3n) is 3.91. The molecule has 1 atom stereocenters. The number of nitrogens with one attached hydrogen (secondary N) is 3. The van der Waals surface area contributed by atoms with Gasteiger partial charge in [0, 0.05) is 6.04 Å². The van der Waals surface area contributed by atoms with Crippen LogP contribution in [-0.4, -0.2) is 35.6 Å². The van der Waals surface area contributed by atoms with Crippen molar-refractivity contribution in [1.29, 1.82) is 0 Å². The van der Waals surface area contributed by atoms with Crippen LogP contribution >= 0.6 is 0 Å². The highest BCUT2D eigenvalue weighted by Crippen LogP contribution is 2.12. The quantitative estimate of drug-likeness (QED) is 0.693. The summed E-state index contributed by atoms with van der Waals surface area (Å²) >= 11 is 0. The van der Waals surface area contributed by atoms with Gasteiger partial charge in [0.05, 0.1) is 17.4 Å². The molecule has 0 saturated carbocycles. The Labute approximate surface area is 114 Å². The molecule has 1 aliphatic heterocycles. The summed E-state index contributed by atoms with van der Waals surface area (Å²) in [6.45, 7) is 3.37. The number of nitrogens with zero attached hydrogens (tertiary/aromatic N) is 1. The highest BCUT2D eigenvalue weighted by atomic mass is 14.9. The molecule has 0 spiro atoms. The lowest BCUT2D eigenvalue weighted by atomic mass is 10.1. The van der Waals surface area contributed by atoms with Crippen LogP contribution in [0.3, 0.4) is 0 Å². The Morgan fingerprint density at radius 1 is 1.32 bits per heavy atom. The molecule has 3 rings (SSSR count). The summed E-state index contributed by atoms with van der Waals surface area (Å²) in [7, 11) is 0. The molecule has 4 heteroatoms. The zero-order valence-electron chi connectivity index (χ0n) is 11.3. The molecule has 0 bridgehead atoms. The second kappa shape index (κ2) is 6.17. The van der Waals surface area contributed by atoms with Crippen LogP contribution in [0.1, 0.15) is 24.8 Å². The number of aromatic amines is 1. The van der Waals surface area contributed by atoms with E-state index in [0.29, 0.717) is 0 Å². The van der Waals surface area contributed by atoms with Crippen LogP contribution < -0.4 is 10.6 Å². The molecule has 0 amide bonds. The molecule has 3 N–H and O–H groups in total. The largest absolute Gasteiger partial charge is 0.345 e. The third-order valence-corrected chi connectivity index (χ3v) is 3.91. The molecule has 0 radical (unpaired) electrons. The predicted molar refractivity (Wildman–Crippen MR) is 78.3 cm³/mol. The first kappa shape index (κ1) is 12.6. The molecule has 4 nitrogen and oxygen atoms in total. The Kier molecular flexibility index (Phi) is 4.10. The van der Waals surface area contributed by atoms with E-state index in [-0.39, 0.29) is 0 Å². The van der Waals surface area contributed by atoms with Gasteiger partial charge in [-0.05, 0) is 63.0 Å². The molecular formula is C15H22N4. The van der Waals surface area contributed by atoms with Crippen molar-refractivity contribution in [2.24, 2.45) is 0 Å². The zero-order valence-corrected chi connectivity index (χ0v) is 11.3. The van der Waals surface area contributed by atoms with Gasteiger partial charge in [0.1, 0.15) is 0 Å². The minimum Gasteiger partial charge on any atom is -0.345 e. The van der Waals surface area contributed by atoms with Crippen molar-refractivity contribution in [3.05, 3.63) is 30.1 Å². The lowest BCUT2D eigenvalue weighted by Gasteiger charge is -2.10. The van der Waals surface area contributed by atoms with Gasteiger partial charge in [0.25, 0.3) is 0 Å². The minimum atomic E-state index is 0.744. The molecular weight excluding hydrogens is 236 g/mol. The lowest BCUT2D eigenvalue weighted by molar-refractivity contribution is 0.525. The number of fused-ring (bicyclic) bond motifs is 1. The third kappa shape index (κ3) is 3.33. The van der Waals surface area contributed by atoms with E-state index in [1.165, 1.54) is 31.4 Å². The van der Waals surface area contributed by atoms with Gasteiger partial charge in [-0.1, -0.05) is 6.07 Å². The molecule has 2 aromatic rings. The van der Waals surface area contributed by atoms with Crippen LogP contribution in [0.5, 0.6) is 0 Å². The average Bonchev–Trinajstić information content (AvgIpc) is 3.08. The van der Waals surface area contributed by atoms with Gasteiger partial charge >= 0.3 is 0 Å². The first-order valence-electron chi connectivity index (χ1n) is 7.28. The van der Waals surface area contributed by atoms with E-state index in [1.54, 1.807) is 6.33 Å². The molecule has 19 heavy (non-hydrogen) atoms. The van der Waals surface area contributed by atoms with Gasteiger partial charge < -0.3 is 15.6 Å². The number of benzene rings is 1. The van der Waals surface area contributed by atoms with Crippen LogP contribution in [-0.2, 0) is 6.42 Å². The Morgan fingerprint density at radius 2 is 2.32 bits per heavy atom. The van der Waals surface area contributed by atoms with Crippen molar-refractivity contribution in [2.45, 2.75) is 31.7 Å². The molecule has 1 aliphatic rings. The van der Waals surface area contributed by atoms with E-state index < -0.39 is 0 Å². The summed E-state index contributed by atoms with van der Waals surface area (Å²) in [6.07, 6.45) is 6.76. The number of rotatable bonds is 6. The van der Waals surface area contributed by atoms with Crippen LogP contribution in [0.15, 0.2) is 24.5 Å². The summed E-state index contributed by atoms with van der Waals surface area (Å²) in [4.78, 5) is 7.39. The van der Waals surface area contributed by atoms with Crippen molar-refractivity contribution >= 4 is 11.0 Å². The van der Waals surface area contributed by atoms with Gasteiger partial charge in [-0.2, -0.15) is 0 Å².